The summed E-state index contributed by atoms with van der Waals surface area (Å²) in [6, 6.07) is 0.678. The zero-order chi connectivity index (χ0) is 18.0. The fraction of sp³-hybridized carbons (Fsp3) is 0.333. The Labute approximate surface area is 130 Å². The maximum absolute atomic E-state index is 12.4. The average Bonchev–Trinajstić information content (AvgIpc) is 2.51. The van der Waals surface area contributed by atoms with Crippen LogP contribution in [-0.2, 0) is 12.7 Å². The molecule has 2 rings (SSSR count). The monoisotopic (exact) mass is 353 g/mol. The molecule has 0 amide bonds. The fourth-order valence-corrected chi connectivity index (χ4v) is 1.54. The highest BCUT2D eigenvalue weighted by Crippen LogP contribution is 2.27. The van der Waals surface area contributed by atoms with Crippen molar-refractivity contribution in [2.75, 3.05) is 6.61 Å². The molecule has 2 aromatic heterocycles. The predicted octanol–water partition coefficient (Wildman–Crippen LogP) is 2.35. The molecule has 6 nitrogen and oxygen atoms in total. The minimum atomic E-state index is -4.71. The van der Waals surface area contributed by atoms with E-state index in [1.165, 1.54) is 6.07 Å². The Kier molecular flexibility index (Phi) is 4.87. The first-order valence-corrected chi connectivity index (χ1v) is 6.25. The number of rotatable bonds is 4. The lowest BCUT2D eigenvalue weighted by Crippen LogP contribution is -2.20. The van der Waals surface area contributed by atoms with Gasteiger partial charge in [-0.3, -0.25) is 0 Å². The van der Waals surface area contributed by atoms with Crippen molar-refractivity contribution in [3.05, 3.63) is 30.0 Å². The third kappa shape index (κ3) is 4.75. The standard InChI is InChI=1S/C12H9F6N5O/c13-11(14,15)5-24-10-22-7(2-19)1-8(23-10)6-3-20-9(21-4-6)12(16,17)18/h1,3-4H,2,5,19H2. The van der Waals surface area contributed by atoms with Gasteiger partial charge in [0.1, 0.15) is 0 Å². The summed E-state index contributed by atoms with van der Waals surface area (Å²) in [5, 5.41) is 0. The van der Waals surface area contributed by atoms with Crippen LogP contribution >= 0.6 is 0 Å². The van der Waals surface area contributed by atoms with Crippen molar-refractivity contribution < 1.29 is 31.1 Å². The molecule has 0 aliphatic rings. The number of hydrogen-bond donors (Lipinski definition) is 1. The second-order valence-corrected chi connectivity index (χ2v) is 4.43. The molecule has 0 unspecified atom stereocenters. The van der Waals surface area contributed by atoms with E-state index in [0.717, 1.165) is 12.4 Å². The van der Waals surface area contributed by atoms with Gasteiger partial charge in [-0.15, -0.1) is 0 Å². The number of halogens is 6. The normalized spacial score (nSPS) is 12.3. The van der Waals surface area contributed by atoms with Gasteiger partial charge in [0.05, 0.1) is 11.4 Å². The number of nitrogens with zero attached hydrogens (tertiary/aromatic N) is 4. The summed E-state index contributed by atoms with van der Waals surface area (Å²) in [6.07, 6.45) is -7.63. The summed E-state index contributed by atoms with van der Waals surface area (Å²) in [5.41, 5.74) is 5.54. The molecule has 0 bridgehead atoms. The van der Waals surface area contributed by atoms with E-state index in [2.05, 4.69) is 24.7 Å². The topological polar surface area (TPSA) is 86.8 Å². The molecule has 2 N–H and O–H groups in total. The molecule has 130 valence electrons. The zero-order valence-electron chi connectivity index (χ0n) is 11.7. The van der Waals surface area contributed by atoms with Crippen LogP contribution in [-0.4, -0.2) is 32.7 Å². The SMILES string of the molecule is NCc1cc(-c2cnc(C(F)(F)F)nc2)nc(OCC(F)(F)F)n1. The van der Waals surface area contributed by atoms with E-state index < -0.39 is 30.8 Å². The molecular formula is C12H9F6N5O. The lowest BCUT2D eigenvalue weighted by molar-refractivity contribution is -0.154. The fourth-order valence-electron chi connectivity index (χ4n) is 1.54. The number of hydrogen-bond acceptors (Lipinski definition) is 6. The van der Waals surface area contributed by atoms with Crippen LogP contribution in [0.3, 0.4) is 0 Å². The summed E-state index contributed by atoms with van der Waals surface area (Å²) < 4.78 is 78.2. The maximum atomic E-state index is 12.4. The van der Waals surface area contributed by atoms with Crippen LogP contribution < -0.4 is 10.5 Å². The lowest BCUT2D eigenvalue weighted by atomic mass is 10.2. The van der Waals surface area contributed by atoms with Crippen molar-refractivity contribution >= 4 is 0 Å². The molecule has 0 spiro atoms. The van der Waals surface area contributed by atoms with Gasteiger partial charge in [-0.1, -0.05) is 0 Å². The lowest BCUT2D eigenvalue weighted by Gasteiger charge is -2.10. The Morgan fingerprint density at radius 1 is 1.00 bits per heavy atom. The molecule has 0 atom stereocenters. The van der Waals surface area contributed by atoms with Crippen LogP contribution in [0, 0.1) is 0 Å². The molecule has 12 heteroatoms. The molecule has 0 fully saturated rings. The van der Waals surface area contributed by atoms with Gasteiger partial charge in [0.15, 0.2) is 6.61 Å². The van der Waals surface area contributed by atoms with Crippen molar-refractivity contribution in [3.63, 3.8) is 0 Å². The number of aromatic nitrogens is 4. The Hall–Kier alpha value is -2.50. The molecule has 2 aromatic rings. The first kappa shape index (κ1) is 17.8. The highest BCUT2D eigenvalue weighted by Gasteiger charge is 2.34. The molecular weight excluding hydrogens is 344 g/mol. The molecule has 0 saturated heterocycles. The summed E-state index contributed by atoms with van der Waals surface area (Å²) in [7, 11) is 0. The van der Waals surface area contributed by atoms with Gasteiger partial charge in [0.25, 0.3) is 0 Å². The zero-order valence-corrected chi connectivity index (χ0v) is 11.7. The van der Waals surface area contributed by atoms with Gasteiger partial charge >= 0.3 is 18.4 Å². The number of ether oxygens (including phenoxy) is 1. The van der Waals surface area contributed by atoms with E-state index in [1.54, 1.807) is 0 Å². The molecule has 24 heavy (non-hydrogen) atoms. The van der Waals surface area contributed by atoms with Crippen molar-refractivity contribution in [2.24, 2.45) is 5.73 Å². The Bertz CT molecular complexity index is 701. The first-order valence-electron chi connectivity index (χ1n) is 6.25. The first-order chi connectivity index (χ1) is 11.1. The quantitative estimate of drug-likeness (QED) is 0.849. The van der Waals surface area contributed by atoms with E-state index in [-0.39, 0.29) is 23.5 Å². The van der Waals surface area contributed by atoms with Crippen LogP contribution in [0.1, 0.15) is 11.5 Å². The van der Waals surface area contributed by atoms with Crippen LogP contribution in [0.5, 0.6) is 6.01 Å². The molecule has 0 saturated carbocycles. The van der Waals surface area contributed by atoms with Gasteiger partial charge in [-0.25, -0.2) is 9.97 Å². The van der Waals surface area contributed by atoms with Crippen molar-refractivity contribution in [1.82, 2.24) is 19.9 Å². The van der Waals surface area contributed by atoms with Crippen LogP contribution in [0.25, 0.3) is 11.3 Å². The molecule has 0 radical (unpaired) electrons. The van der Waals surface area contributed by atoms with E-state index in [9.17, 15) is 26.3 Å². The Morgan fingerprint density at radius 3 is 2.12 bits per heavy atom. The molecule has 2 heterocycles. The van der Waals surface area contributed by atoms with Crippen molar-refractivity contribution in [2.45, 2.75) is 18.9 Å². The van der Waals surface area contributed by atoms with E-state index in [4.69, 9.17) is 5.73 Å². The Balaban J connectivity index is 2.32. The minimum Gasteiger partial charge on any atom is -0.454 e. The summed E-state index contributed by atoms with van der Waals surface area (Å²) in [6.45, 7) is -1.76. The average molecular weight is 353 g/mol. The van der Waals surface area contributed by atoms with E-state index in [1.807, 2.05) is 0 Å². The largest absolute Gasteiger partial charge is 0.454 e. The van der Waals surface area contributed by atoms with Crippen LogP contribution in [0.15, 0.2) is 18.5 Å². The van der Waals surface area contributed by atoms with Gasteiger partial charge in [0.2, 0.25) is 5.82 Å². The van der Waals surface area contributed by atoms with Gasteiger partial charge in [-0.05, 0) is 6.07 Å². The smallest absolute Gasteiger partial charge is 0.451 e. The summed E-state index contributed by atoms with van der Waals surface area (Å²) in [4.78, 5) is 13.7. The summed E-state index contributed by atoms with van der Waals surface area (Å²) >= 11 is 0. The van der Waals surface area contributed by atoms with Crippen LogP contribution in [0.4, 0.5) is 26.3 Å². The van der Waals surface area contributed by atoms with Crippen LogP contribution in [0.2, 0.25) is 0 Å². The van der Waals surface area contributed by atoms with Gasteiger partial charge in [0, 0.05) is 24.5 Å². The van der Waals surface area contributed by atoms with E-state index >= 15 is 0 Å². The third-order valence-corrected chi connectivity index (χ3v) is 2.53. The second kappa shape index (κ2) is 6.55. The number of alkyl halides is 6. The minimum absolute atomic E-state index is 0.0173. The van der Waals surface area contributed by atoms with E-state index in [0.29, 0.717) is 0 Å². The highest BCUT2D eigenvalue weighted by molar-refractivity contribution is 5.57. The maximum Gasteiger partial charge on any atom is 0.451 e. The third-order valence-electron chi connectivity index (χ3n) is 2.53. The summed E-state index contributed by atoms with van der Waals surface area (Å²) in [5.74, 6) is -1.35. The molecule has 0 aliphatic carbocycles. The number of nitrogens with two attached hydrogens (primary N) is 1. The highest BCUT2D eigenvalue weighted by atomic mass is 19.4. The Morgan fingerprint density at radius 2 is 1.62 bits per heavy atom. The molecule has 0 aromatic carbocycles. The van der Waals surface area contributed by atoms with Gasteiger partial charge < -0.3 is 10.5 Å². The van der Waals surface area contributed by atoms with Crippen molar-refractivity contribution in [1.29, 1.82) is 0 Å². The molecule has 0 aliphatic heterocycles. The van der Waals surface area contributed by atoms with Crippen molar-refractivity contribution in [3.8, 4) is 17.3 Å². The predicted molar refractivity (Wildman–Crippen MR) is 67.5 cm³/mol. The van der Waals surface area contributed by atoms with Gasteiger partial charge in [-0.2, -0.15) is 36.3 Å². The second-order valence-electron chi connectivity index (χ2n) is 4.43.